The molecule has 2 heterocycles. The number of carbonyl (C=O) groups is 1. The molecule has 0 spiro atoms. The van der Waals surface area contributed by atoms with Crippen LogP contribution in [0.5, 0.6) is 11.5 Å². The molecular weight excluding hydrogens is 246 g/mol. The molecule has 100 valence electrons. The van der Waals surface area contributed by atoms with Gasteiger partial charge in [0.15, 0.2) is 5.75 Å². The summed E-state index contributed by atoms with van der Waals surface area (Å²) in [6.45, 7) is 4.63. The van der Waals surface area contributed by atoms with Crippen LogP contribution < -0.4 is 4.74 Å². The van der Waals surface area contributed by atoms with Gasteiger partial charge in [-0.3, -0.25) is 9.67 Å². The Morgan fingerprint density at radius 2 is 2.26 bits per heavy atom. The molecule has 0 amide bonds. The highest BCUT2D eigenvalue weighted by Gasteiger charge is 2.13. The number of aromatic nitrogens is 3. The summed E-state index contributed by atoms with van der Waals surface area (Å²) in [7, 11) is 0. The van der Waals surface area contributed by atoms with Crippen molar-refractivity contribution in [1.29, 1.82) is 0 Å². The predicted molar refractivity (Wildman–Crippen MR) is 68.5 cm³/mol. The van der Waals surface area contributed by atoms with Gasteiger partial charge in [-0.05, 0) is 13.3 Å². The zero-order valence-electron chi connectivity index (χ0n) is 10.8. The van der Waals surface area contributed by atoms with Crippen molar-refractivity contribution in [3.8, 4) is 11.5 Å². The van der Waals surface area contributed by atoms with Crippen molar-refractivity contribution in [2.75, 3.05) is 0 Å². The Kier molecular flexibility index (Phi) is 3.79. The molecule has 0 aromatic carbocycles. The summed E-state index contributed by atoms with van der Waals surface area (Å²) in [5.41, 5.74) is 0.731. The van der Waals surface area contributed by atoms with Crippen LogP contribution in [-0.2, 0) is 6.54 Å². The SMILES string of the molecule is CCCn1cc(Oc2cc(C)ncc2C(=O)O)cn1. The molecular formula is C13H15N3O3. The molecule has 1 N–H and O–H groups in total. The van der Waals surface area contributed by atoms with E-state index in [0.717, 1.165) is 13.0 Å². The van der Waals surface area contributed by atoms with E-state index in [0.29, 0.717) is 11.4 Å². The molecule has 0 fully saturated rings. The van der Waals surface area contributed by atoms with E-state index in [2.05, 4.69) is 17.0 Å². The second-order valence-electron chi connectivity index (χ2n) is 4.17. The van der Waals surface area contributed by atoms with Gasteiger partial charge >= 0.3 is 5.97 Å². The first-order valence-electron chi connectivity index (χ1n) is 6.00. The predicted octanol–water partition coefficient (Wildman–Crippen LogP) is 2.49. The third-order valence-corrected chi connectivity index (χ3v) is 2.52. The molecule has 0 aliphatic heterocycles. The molecule has 2 aromatic heterocycles. The van der Waals surface area contributed by atoms with E-state index in [1.165, 1.54) is 6.20 Å². The molecule has 0 radical (unpaired) electrons. The Morgan fingerprint density at radius 1 is 1.47 bits per heavy atom. The fourth-order valence-corrected chi connectivity index (χ4v) is 1.66. The average Bonchev–Trinajstić information content (AvgIpc) is 2.77. The first-order chi connectivity index (χ1) is 9.10. The van der Waals surface area contributed by atoms with Gasteiger partial charge in [0.2, 0.25) is 0 Å². The minimum Gasteiger partial charge on any atom is -0.477 e. The fourth-order valence-electron chi connectivity index (χ4n) is 1.66. The van der Waals surface area contributed by atoms with Crippen molar-refractivity contribution in [2.45, 2.75) is 26.8 Å². The van der Waals surface area contributed by atoms with Crippen LogP contribution in [0.2, 0.25) is 0 Å². The lowest BCUT2D eigenvalue weighted by Gasteiger charge is -2.07. The molecule has 0 aliphatic rings. The van der Waals surface area contributed by atoms with Gasteiger partial charge in [0.1, 0.15) is 11.3 Å². The van der Waals surface area contributed by atoms with Crippen molar-refractivity contribution >= 4 is 5.97 Å². The monoisotopic (exact) mass is 261 g/mol. The van der Waals surface area contributed by atoms with Crippen molar-refractivity contribution in [2.24, 2.45) is 0 Å². The summed E-state index contributed by atoms with van der Waals surface area (Å²) in [4.78, 5) is 15.0. The highest BCUT2D eigenvalue weighted by Crippen LogP contribution is 2.25. The Balaban J connectivity index is 2.26. The Labute approximate surface area is 110 Å². The second kappa shape index (κ2) is 5.51. The summed E-state index contributed by atoms with van der Waals surface area (Å²) in [6, 6.07) is 1.60. The van der Waals surface area contributed by atoms with Crippen molar-refractivity contribution in [3.05, 3.63) is 35.9 Å². The zero-order valence-corrected chi connectivity index (χ0v) is 10.8. The van der Waals surface area contributed by atoms with E-state index in [9.17, 15) is 4.79 Å². The van der Waals surface area contributed by atoms with Crippen molar-refractivity contribution < 1.29 is 14.6 Å². The molecule has 6 nitrogen and oxygen atoms in total. The van der Waals surface area contributed by atoms with E-state index in [-0.39, 0.29) is 11.3 Å². The summed E-state index contributed by atoms with van der Waals surface area (Å²) in [5.74, 6) is -0.277. The lowest BCUT2D eigenvalue weighted by molar-refractivity contribution is 0.0693. The quantitative estimate of drug-likeness (QED) is 0.894. The molecule has 0 atom stereocenters. The van der Waals surface area contributed by atoms with Crippen LogP contribution in [0.1, 0.15) is 29.4 Å². The Morgan fingerprint density at radius 3 is 2.95 bits per heavy atom. The normalized spacial score (nSPS) is 10.4. The molecule has 6 heteroatoms. The van der Waals surface area contributed by atoms with E-state index < -0.39 is 5.97 Å². The van der Waals surface area contributed by atoms with Gasteiger partial charge in [0, 0.05) is 24.5 Å². The summed E-state index contributed by atoms with van der Waals surface area (Å²) in [6.07, 6.45) is 5.57. The van der Waals surface area contributed by atoms with E-state index in [1.54, 1.807) is 30.1 Å². The van der Waals surface area contributed by atoms with Gasteiger partial charge in [-0.25, -0.2) is 4.79 Å². The first kappa shape index (κ1) is 13.1. The molecule has 0 bridgehead atoms. The molecule has 2 rings (SSSR count). The third kappa shape index (κ3) is 3.09. The second-order valence-corrected chi connectivity index (χ2v) is 4.17. The summed E-state index contributed by atoms with van der Waals surface area (Å²) >= 11 is 0. The molecule has 0 aliphatic carbocycles. The lowest BCUT2D eigenvalue weighted by Crippen LogP contribution is -2.01. The summed E-state index contributed by atoms with van der Waals surface area (Å²) in [5, 5.41) is 13.2. The standard InChI is InChI=1S/C13H15N3O3/c1-3-4-16-8-10(6-15-16)19-12-5-9(2)14-7-11(12)13(17)18/h5-8H,3-4H2,1-2H3,(H,17,18). The number of ether oxygens (including phenoxy) is 1. The number of carboxylic acid groups (broad SMARTS) is 1. The van der Waals surface area contributed by atoms with Gasteiger partial charge < -0.3 is 9.84 Å². The lowest BCUT2D eigenvalue weighted by atomic mass is 10.2. The van der Waals surface area contributed by atoms with E-state index >= 15 is 0 Å². The van der Waals surface area contributed by atoms with Crippen LogP contribution >= 0.6 is 0 Å². The average molecular weight is 261 g/mol. The zero-order chi connectivity index (χ0) is 13.8. The highest BCUT2D eigenvalue weighted by atomic mass is 16.5. The van der Waals surface area contributed by atoms with Gasteiger partial charge in [0.05, 0.1) is 12.4 Å². The maximum absolute atomic E-state index is 11.1. The van der Waals surface area contributed by atoms with E-state index in [4.69, 9.17) is 9.84 Å². The maximum atomic E-state index is 11.1. The van der Waals surface area contributed by atoms with Crippen LogP contribution in [0.3, 0.4) is 0 Å². The number of aryl methyl sites for hydroxylation is 2. The van der Waals surface area contributed by atoms with Crippen LogP contribution in [0, 0.1) is 6.92 Å². The Hall–Kier alpha value is -2.37. The van der Waals surface area contributed by atoms with E-state index in [1.807, 2.05) is 0 Å². The van der Waals surface area contributed by atoms with Crippen molar-refractivity contribution in [3.63, 3.8) is 0 Å². The minimum atomic E-state index is -1.07. The number of rotatable bonds is 5. The maximum Gasteiger partial charge on any atom is 0.341 e. The number of aromatic carboxylic acids is 1. The van der Waals surface area contributed by atoms with Crippen LogP contribution in [0.4, 0.5) is 0 Å². The Bertz CT molecular complexity index is 593. The molecule has 0 saturated carbocycles. The topological polar surface area (TPSA) is 77.2 Å². The van der Waals surface area contributed by atoms with Gasteiger partial charge in [0.25, 0.3) is 0 Å². The molecule has 2 aromatic rings. The third-order valence-electron chi connectivity index (χ3n) is 2.52. The molecule has 0 saturated heterocycles. The number of pyridine rings is 1. The van der Waals surface area contributed by atoms with Gasteiger partial charge in [-0.2, -0.15) is 5.10 Å². The first-order valence-corrected chi connectivity index (χ1v) is 6.00. The highest BCUT2D eigenvalue weighted by molar-refractivity contribution is 5.90. The minimum absolute atomic E-state index is 0.0360. The number of carboxylic acids is 1. The van der Waals surface area contributed by atoms with Crippen molar-refractivity contribution in [1.82, 2.24) is 14.8 Å². The van der Waals surface area contributed by atoms with Gasteiger partial charge in [-0.15, -0.1) is 0 Å². The van der Waals surface area contributed by atoms with Crippen LogP contribution in [-0.4, -0.2) is 25.8 Å². The van der Waals surface area contributed by atoms with Crippen LogP contribution in [0.15, 0.2) is 24.7 Å². The smallest absolute Gasteiger partial charge is 0.341 e. The van der Waals surface area contributed by atoms with Gasteiger partial charge in [-0.1, -0.05) is 6.92 Å². The summed E-state index contributed by atoms with van der Waals surface area (Å²) < 4.78 is 7.33. The number of nitrogens with zero attached hydrogens (tertiary/aromatic N) is 3. The molecule has 19 heavy (non-hydrogen) atoms. The fraction of sp³-hybridized carbons (Fsp3) is 0.308. The molecule has 0 unspecified atom stereocenters. The largest absolute Gasteiger partial charge is 0.477 e. The number of hydrogen-bond donors (Lipinski definition) is 1. The van der Waals surface area contributed by atoms with Crippen LogP contribution in [0.25, 0.3) is 0 Å². The number of hydrogen-bond acceptors (Lipinski definition) is 4.